The van der Waals surface area contributed by atoms with Crippen molar-refractivity contribution in [3.63, 3.8) is 0 Å². The highest BCUT2D eigenvalue weighted by molar-refractivity contribution is 5.99. The molecule has 0 fully saturated rings. The molecule has 0 unspecified atom stereocenters. The lowest BCUT2D eigenvalue weighted by Crippen LogP contribution is -2.37. The van der Waals surface area contributed by atoms with E-state index in [0.717, 1.165) is 11.3 Å². The predicted molar refractivity (Wildman–Crippen MR) is 51.0 cm³/mol. The van der Waals surface area contributed by atoms with Crippen LogP contribution in [0, 0.1) is 0 Å². The molecule has 1 aliphatic heterocycles. The Kier molecular flexibility index (Phi) is 1.73. The summed E-state index contributed by atoms with van der Waals surface area (Å²) in [5.41, 5.74) is 6.94. The Hall–Kier alpha value is -1.84. The van der Waals surface area contributed by atoms with Crippen LogP contribution in [0.5, 0.6) is 0 Å². The average Bonchev–Trinajstić information content (AvgIpc) is 2.17. The van der Waals surface area contributed by atoms with Crippen LogP contribution in [0.4, 0.5) is 10.5 Å². The molecule has 66 valence electrons. The minimum Gasteiger partial charge on any atom is -0.351 e. The van der Waals surface area contributed by atoms with Gasteiger partial charge in [-0.1, -0.05) is 18.2 Å². The lowest BCUT2D eigenvalue weighted by atomic mass is 10.1. The molecule has 0 atom stereocenters. The SMILES string of the molecule is NC(=O)N1CN=Cc2ccccc21. The average molecular weight is 175 g/mol. The summed E-state index contributed by atoms with van der Waals surface area (Å²) >= 11 is 0. The number of fused-ring (bicyclic) bond motifs is 1. The van der Waals surface area contributed by atoms with Crippen LogP contribution in [0.15, 0.2) is 29.3 Å². The van der Waals surface area contributed by atoms with Gasteiger partial charge in [-0.2, -0.15) is 0 Å². The molecule has 0 bridgehead atoms. The molecule has 13 heavy (non-hydrogen) atoms. The summed E-state index contributed by atoms with van der Waals surface area (Å²) in [4.78, 5) is 16.5. The maximum Gasteiger partial charge on any atom is 0.320 e. The Morgan fingerprint density at radius 3 is 3.00 bits per heavy atom. The highest BCUT2D eigenvalue weighted by Crippen LogP contribution is 2.21. The summed E-state index contributed by atoms with van der Waals surface area (Å²) in [6.07, 6.45) is 1.74. The number of carbonyl (C=O) groups is 1. The highest BCUT2D eigenvalue weighted by atomic mass is 16.2. The Balaban J connectivity index is 2.49. The van der Waals surface area contributed by atoms with Crippen molar-refractivity contribution in [3.8, 4) is 0 Å². The first-order valence-corrected chi connectivity index (χ1v) is 3.95. The second-order valence-corrected chi connectivity index (χ2v) is 2.78. The number of amides is 2. The van der Waals surface area contributed by atoms with E-state index in [2.05, 4.69) is 4.99 Å². The van der Waals surface area contributed by atoms with Gasteiger partial charge in [0.05, 0.1) is 5.69 Å². The van der Waals surface area contributed by atoms with Crippen molar-refractivity contribution in [2.75, 3.05) is 11.6 Å². The number of aliphatic imine (C=N–C) groups is 1. The van der Waals surface area contributed by atoms with Crippen molar-refractivity contribution < 1.29 is 4.79 Å². The molecule has 0 saturated heterocycles. The van der Waals surface area contributed by atoms with E-state index in [1.807, 2.05) is 24.3 Å². The number of nitrogens with two attached hydrogens (primary N) is 1. The van der Waals surface area contributed by atoms with E-state index >= 15 is 0 Å². The fourth-order valence-electron chi connectivity index (χ4n) is 1.33. The Morgan fingerprint density at radius 2 is 2.23 bits per heavy atom. The molecule has 2 rings (SSSR count). The molecule has 0 spiro atoms. The van der Waals surface area contributed by atoms with Crippen LogP contribution in [0.2, 0.25) is 0 Å². The fraction of sp³-hybridized carbons (Fsp3) is 0.111. The van der Waals surface area contributed by atoms with E-state index in [-0.39, 0.29) is 0 Å². The molecular formula is C9H9N3O. The van der Waals surface area contributed by atoms with Crippen molar-refractivity contribution in [1.29, 1.82) is 0 Å². The van der Waals surface area contributed by atoms with Gasteiger partial charge in [0, 0.05) is 11.8 Å². The number of carbonyl (C=O) groups excluding carboxylic acids is 1. The van der Waals surface area contributed by atoms with Gasteiger partial charge < -0.3 is 5.73 Å². The number of para-hydroxylation sites is 1. The maximum absolute atomic E-state index is 11.0. The number of nitrogens with zero attached hydrogens (tertiary/aromatic N) is 2. The molecule has 4 nitrogen and oxygen atoms in total. The molecule has 4 heteroatoms. The van der Waals surface area contributed by atoms with E-state index in [0.29, 0.717) is 6.67 Å². The van der Waals surface area contributed by atoms with Crippen LogP contribution in [-0.2, 0) is 0 Å². The van der Waals surface area contributed by atoms with Crippen LogP contribution in [0.1, 0.15) is 5.56 Å². The third-order valence-electron chi connectivity index (χ3n) is 1.95. The molecule has 0 saturated carbocycles. The summed E-state index contributed by atoms with van der Waals surface area (Å²) in [7, 11) is 0. The molecule has 1 aliphatic rings. The summed E-state index contributed by atoms with van der Waals surface area (Å²) in [5, 5.41) is 0. The molecule has 2 N–H and O–H groups in total. The zero-order valence-corrected chi connectivity index (χ0v) is 6.97. The monoisotopic (exact) mass is 175 g/mol. The number of benzene rings is 1. The van der Waals surface area contributed by atoms with Crippen LogP contribution in [0.25, 0.3) is 0 Å². The minimum atomic E-state index is -0.468. The number of urea groups is 1. The quantitative estimate of drug-likeness (QED) is 0.627. The topological polar surface area (TPSA) is 58.7 Å². The van der Waals surface area contributed by atoms with Gasteiger partial charge in [0.25, 0.3) is 0 Å². The van der Waals surface area contributed by atoms with Gasteiger partial charge in [-0.05, 0) is 6.07 Å². The summed E-state index contributed by atoms with van der Waals surface area (Å²) in [5.74, 6) is 0. The molecule has 0 aliphatic carbocycles. The Morgan fingerprint density at radius 1 is 1.46 bits per heavy atom. The van der Waals surface area contributed by atoms with Crippen molar-refractivity contribution in [3.05, 3.63) is 29.8 Å². The van der Waals surface area contributed by atoms with Crippen LogP contribution < -0.4 is 10.6 Å². The van der Waals surface area contributed by atoms with Crippen LogP contribution in [-0.4, -0.2) is 18.9 Å². The lowest BCUT2D eigenvalue weighted by molar-refractivity contribution is 0.254. The molecule has 2 amide bonds. The van der Waals surface area contributed by atoms with Crippen LogP contribution in [0.3, 0.4) is 0 Å². The lowest BCUT2D eigenvalue weighted by Gasteiger charge is -2.23. The van der Waals surface area contributed by atoms with E-state index in [4.69, 9.17) is 5.73 Å². The van der Waals surface area contributed by atoms with Crippen molar-refractivity contribution in [1.82, 2.24) is 0 Å². The summed E-state index contributed by atoms with van der Waals surface area (Å²) in [6.45, 7) is 0.312. The standard InChI is InChI=1S/C9H9N3O/c10-9(13)12-6-11-5-7-3-1-2-4-8(7)12/h1-5H,6H2,(H2,10,13). The highest BCUT2D eigenvalue weighted by Gasteiger charge is 2.16. The number of primary amides is 1. The molecule has 0 radical (unpaired) electrons. The first-order valence-electron chi connectivity index (χ1n) is 3.95. The van der Waals surface area contributed by atoms with Crippen molar-refractivity contribution >= 4 is 17.9 Å². The van der Waals surface area contributed by atoms with Gasteiger partial charge in [-0.15, -0.1) is 0 Å². The molecular weight excluding hydrogens is 166 g/mol. The maximum atomic E-state index is 11.0. The van der Waals surface area contributed by atoms with Gasteiger partial charge in [0.2, 0.25) is 0 Å². The van der Waals surface area contributed by atoms with E-state index in [1.165, 1.54) is 4.90 Å². The third kappa shape index (κ3) is 1.26. The summed E-state index contributed by atoms with van der Waals surface area (Å²) < 4.78 is 0. The number of anilines is 1. The largest absolute Gasteiger partial charge is 0.351 e. The smallest absolute Gasteiger partial charge is 0.320 e. The first kappa shape index (κ1) is 7.79. The van der Waals surface area contributed by atoms with Gasteiger partial charge >= 0.3 is 6.03 Å². The zero-order valence-electron chi connectivity index (χ0n) is 6.97. The second kappa shape index (κ2) is 2.90. The van der Waals surface area contributed by atoms with E-state index in [1.54, 1.807) is 6.21 Å². The normalized spacial score (nSPS) is 14.0. The van der Waals surface area contributed by atoms with Crippen molar-refractivity contribution in [2.45, 2.75) is 0 Å². The molecule has 0 aromatic heterocycles. The Bertz CT molecular complexity index is 373. The van der Waals surface area contributed by atoms with Crippen LogP contribution >= 0.6 is 0 Å². The molecule has 1 heterocycles. The zero-order chi connectivity index (χ0) is 9.26. The number of rotatable bonds is 0. The number of hydrogen-bond acceptors (Lipinski definition) is 2. The third-order valence-corrected chi connectivity index (χ3v) is 1.95. The van der Waals surface area contributed by atoms with E-state index < -0.39 is 6.03 Å². The van der Waals surface area contributed by atoms with Gasteiger partial charge in [-0.3, -0.25) is 9.89 Å². The van der Waals surface area contributed by atoms with Crippen molar-refractivity contribution in [2.24, 2.45) is 10.7 Å². The predicted octanol–water partition coefficient (Wildman–Crippen LogP) is 0.962. The second-order valence-electron chi connectivity index (χ2n) is 2.78. The van der Waals surface area contributed by atoms with Gasteiger partial charge in [-0.25, -0.2) is 4.79 Å². The first-order chi connectivity index (χ1) is 6.29. The van der Waals surface area contributed by atoms with Gasteiger partial charge in [0.1, 0.15) is 6.67 Å². The van der Waals surface area contributed by atoms with E-state index in [9.17, 15) is 4.79 Å². The Labute approximate surface area is 75.7 Å². The fourth-order valence-corrected chi connectivity index (χ4v) is 1.33. The molecule has 1 aromatic rings. The number of hydrogen-bond donors (Lipinski definition) is 1. The minimum absolute atomic E-state index is 0.312. The van der Waals surface area contributed by atoms with Gasteiger partial charge in [0.15, 0.2) is 0 Å². The summed E-state index contributed by atoms with van der Waals surface area (Å²) in [6, 6.07) is 7.05. The molecule has 1 aromatic carbocycles.